The van der Waals surface area contributed by atoms with Gasteiger partial charge in [0.15, 0.2) is 0 Å². The Morgan fingerprint density at radius 1 is 0.364 bits per heavy atom. The van der Waals surface area contributed by atoms with E-state index in [1.54, 1.807) is 0 Å². The monoisotopic (exact) mass is 412 g/mol. The molecule has 0 N–H and O–H groups in total. The summed E-state index contributed by atoms with van der Waals surface area (Å²) in [5.41, 5.74) is 0. The summed E-state index contributed by atoms with van der Waals surface area (Å²) < 4.78 is 0. The molecule has 0 bridgehead atoms. The average molecular weight is 414 g/mol. The average Bonchev–Trinajstić information content (AvgIpc) is 0. The third-order valence-corrected chi connectivity index (χ3v) is 0. The molecule has 0 aromatic heterocycles. The summed E-state index contributed by atoms with van der Waals surface area (Å²) in [6, 6.07) is 0. The second-order valence-corrected chi connectivity index (χ2v) is 0. The maximum atomic E-state index is 0. The van der Waals surface area contributed by atoms with Crippen LogP contribution in [0.3, 0.4) is 0 Å². The molecule has 11 heavy (non-hydrogen) atoms. The van der Waals surface area contributed by atoms with Gasteiger partial charge < -0.3 is 27.4 Å². The zero-order valence-electron chi connectivity index (χ0n) is 3.54. The van der Waals surface area contributed by atoms with Crippen molar-refractivity contribution in [3.05, 3.63) is 0 Å². The van der Waals surface area contributed by atoms with Crippen LogP contribution in [-0.2, 0) is 109 Å². The van der Waals surface area contributed by atoms with E-state index >= 15 is 0 Å². The van der Waals surface area contributed by atoms with E-state index < -0.39 is 0 Å². The van der Waals surface area contributed by atoms with Gasteiger partial charge in [0, 0.05) is 44.8 Å². The van der Waals surface area contributed by atoms with Crippen LogP contribution in [-0.4, -0.2) is 37.7 Å². The van der Waals surface area contributed by atoms with Crippen LogP contribution in [0.15, 0.2) is 0 Å². The standard InChI is InChI=1S/2Ag.2Li.5O.2V.2H/q;;;;5*-2;2*+5;;. The van der Waals surface area contributed by atoms with Gasteiger partial charge in [-0.2, -0.15) is 0 Å². The number of hydrogen-bond donors (Lipinski definition) is 0. The van der Waals surface area contributed by atoms with E-state index in [9.17, 15) is 0 Å². The first-order valence-electron chi connectivity index (χ1n) is 0. The van der Waals surface area contributed by atoms with Crippen molar-refractivity contribution in [1.29, 1.82) is 0 Å². The van der Waals surface area contributed by atoms with Crippen LogP contribution >= 0.6 is 0 Å². The molecule has 0 aliphatic carbocycles. The molecule has 0 aliphatic heterocycles. The molecule has 2 radical (unpaired) electrons. The molecule has 5 nitrogen and oxygen atoms in total. The summed E-state index contributed by atoms with van der Waals surface area (Å²) in [4.78, 5) is 0. The summed E-state index contributed by atoms with van der Waals surface area (Å²) >= 11 is 0. The normalized spacial score (nSPS) is 0. The van der Waals surface area contributed by atoms with Crippen LogP contribution in [0.4, 0.5) is 0 Å². The van der Waals surface area contributed by atoms with E-state index in [2.05, 4.69) is 0 Å². The minimum absolute atomic E-state index is 0. The Bertz CT molecular complexity index is 20.4. The van der Waals surface area contributed by atoms with Crippen molar-refractivity contribution in [3.8, 4) is 0 Å². The maximum Gasteiger partial charge on any atom is 5.00 e. The predicted molar refractivity (Wildman–Crippen MR) is 17.7 cm³/mol. The first kappa shape index (κ1) is 205. The zero-order valence-corrected chi connectivity index (χ0v) is 9.30. The van der Waals surface area contributed by atoms with Crippen LogP contribution in [0.1, 0.15) is 0 Å². The molecule has 0 saturated carbocycles. The number of rotatable bonds is 0. The van der Waals surface area contributed by atoms with Crippen LogP contribution in [0.25, 0.3) is 0 Å². The van der Waals surface area contributed by atoms with Gasteiger partial charge in [0.2, 0.25) is 0 Å². The van der Waals surface area contributed by atoms with Gasteiger partial charge in [-0.15, -0.1) is 0 Å². The quantitative estimate of drug-likeness (QED) is 0.409. The molecule has 0 heterocycles. The molecule has 66 valence electrons. The second kappa shape index (κ2) is 164. The van der Waals surface area contributed by atoms with E-state index in [4.69, 9.17) is 0 Å². The molecule has 0 unspecified atom stereocenters. The first-order valence-corrected chi connectivity index (χ1v) is 0. The molecule has 0 spiro atoms. The Kier molecular flexibility index (Phi) is 3070. The Hall–Kier alpha value is 3.64. The van der Waals surface area contributed by atoms with Crippen molar-refractivity contribution >= 4 is 37.7 Å². The molecular weight excluding hydrogens is 412 g/mol. The Morgan fingerprint density at radius 3 is 0.364 bits per heavy atom. The van der Waals surface area contributed by atoms with Crippen LogP contribution in [0.2, 0.25) is 0 Å². The van der Waals surface area contributed by atoms with E-state index in [-0.39, 0.29) is 147 Å². The number of hydrogen-bond acceptors (Lipinski definition) is 0. The van der Waals surface area contributed by atoms with Crippen molar-refractivity contribution in [2.75, 3.05) is 0 Å². The fourth-order valence-electron chi connectivity index (χ4n) is 0. The maximum absolute atomic E-state index is 0. The molecule has 0 fully saturated rings. The van der Waals surface area contributed by atoms with Crippen molar-refractivity contribution in [2.24, 2.45) is 0 Å². The molecule has 0 aromatic rings. The van der Waals surface area contributed by atoms with Gasteiger partial charge in [-0.05, 0) is 0 Å². The Morgan fingerprint density at radius 2 is 0.364 bits per heavy atom. The molecular formula is H2Ag2Li2O5V2. The SMILES string of the molecule is [Ag].[Ag].[LiH].[LiH].[O-2].[O-2].[O-2].[O-2].[O-2].[V+5].[V+5]. The van der Waals surface area contributed by atoms with Gasteiger partial charge in [0.1, 0.15) is 0 Å². The van der Waals surface area contributed by atoms with Crippen LogP contribution in [0, 0.1) is 0 Å². The molecule has 0 aliphatic rings. The Balaban J connectivity index is 0. The smallest absolute Gasteiger partial charge is 2.00 e. The van der Waals surface area contributed by atoms with E-state index in [0.29, 0.717) is 0 Å². The fourth-order valence-corrected chi connectivity index (χ4v) is 0. The molecule has 0 atom stereocenters. The van der Waals surface area contributed by atoms with Gasteiger partial charge in [0.25, 0.3) is 0 Å². The summed E-state index contributed by atoms with van der Waals surface area (Å²) in [5, 5.41) is 0. The van der Waals surface area contributed by atoms with Gasteiger partial charge >= 0.3 is 74.8 Å². The Labute approximate surface area is 145 Å². The third-order valence-electron chi connectivity index (χ3n) is 0. The molecule has 0 aromatic carbocycles. The second-order valence-electron chi connectivity index (χ2n) is 0. The van der Waals surface area contributed by atoms with Crippen molar-refractivity contribution in [2.45, 2.75) is 0 Å². The third kappa shape index (κ3) is 139. The zero-order chi connectivity index (χ0) is 0. The van der Waals surface area contributed by atoms with Gasteiger partial charge in [0.05, 0.1) is 0 Å². The minimum atomic E-state index is 0. The van der Waals surface area contributed by atoms with Crippen LogP contribution in [0.5, 0.6) is 0 Å². The van der Waals surface area contributed by atoms with Crippen LogP contribution < -0.4 is 0 Å². The summed E-state index contributed by atoms with van der Waals surface area (Å²) in [6.45, 7) is 0. The topological polar surface area (TPSA) is 142 Å². The first-order chi connectivity index (χ1) is 0. The van der Waals surface area contributed by atoms with Crippen molar-refractivity contribution in [3.63, 3.8) is 0 Å². The minimum Gasteiger partial charge on any atom is -2.00 e. The predicted octanol–water partition coefficient (Wildman–Crippen LogP) is -1.90. The molecule has 0 amide bonds. The largest absolute Gasteiger partial charge is 5.00 e. The summed E-state index contributed by atoms with van der Waals surface area (Å²) in [7, 11) is 0. The fraction of sp³-hybridized carbons (Fsp3) is 0. The van der Waals surface area contributed by atoms with E-state index in [1.807, 2.05) is 0 Å². The van der Waals surface area contributed by atoms with Crippen molar-refractivity contribution in [1.82, 2.24) is 0 Å². The molecule has 0 rings (SSSR count). The van der Waals surface area contributed by atoms with E-state index in [0.717, 1.165) is 0 Å². The molecule has 0 saturated heterocycles. The molecule has 11 heteroatoms. The summed E-state index contributed by atoms with van der Waals surface area (Å²) in [6.07, 6.45) is 0. The van der Waals surface area contributed by atoms with Crippen molar-refractivity contribution < 1.29 is 109 Å². The van der Waals surface area contributed by atoms with Gasteiger partial charge in [-0.1, -0.05) is 0 Å². The van der Waals surface area contributed by atoms with E-state index in [1.165, 1.54) is 0 Å². The summed E-state index contributed by atoms with van der Waals surface area (Å²) in [5.74, 6) is 0. The van der Waals surface area contributed by atoms with Gasteiger partial charge in [-0.25, -0.2) is 0 Å². The van der Waals surface area contributed by atoms with Gasteiger partial charge in [-0.3, -0.25) is 0 Å².